The fourth-order valence-corrected chi connectivity index (χ4v) is 2.62. The maximum Gasteiger partial charge on any atom is 0.00384 e. The Morgan fingerprint density at radius 1 is 1.15 bits per heavy atom. The van der Waals surface area contributed by atoms with Crippen molar-refractivity contribution in [1.29, 1.82) is 0 Å². The van der Waals surface area contributed by atoms with Crippen LogP contribution < -0.4 is 0 Å². The summed E-state index contributed by atoms with van der Waals surface area (Å²) in [5, 5.41) is 0. The molecule has 0 unspecified atom stereocenters. The summed E-state index contributed by atoms with van der Waals surface area (Å²) < 4.78 is 0. The number of likely N-dealkylation sites (tertiary alicyclic amines) is 1. The van der Waals surface area contributed by atoms with Crippen LogP contribution in [0.3, 0.4) is 0 Å². The van der Waals surface area contributed by atoms with Crippen molar-refractivity contribution in [3.63, 3.8) is 0 Å². The standard InChI is InChI=1S/C10H19N.C2H6/c1-2-7-11-8-6-10(9-11)4-3-5-10;1-2/h2-9H2,1H3;1-2H3. The Balaban J connectivity index is 0.000000396. The molecular weight excluding hydrogens is 158 g/mol. The topological polar surface area (TPSA) is 3.24 Å². The lowest BCUT2D eigenvalue weighted by molar-refractivity contribution is 0.139. The van der Waals surface area contributed by atoms with Crippen molar-refractivity contribution < 1.29 is 0 Å². The molecule has 13 heavy (non-hydrogen) atoms. The zero-order valence-electron chi connectivity index (χ0n) is 9.60. The summed E-state index contributed by atoms with van der Waals surface area (Å²) >= 11 is 0. The van der Waals surface area contributed by atoms with Gasteiger partial charge >= 0.3 is 0 Å². The average molecular weight is 183 g/mol. The normalized spacial score (nSPS) is 25.2. The largest absolute Gasteiger partial charge is 0.303 e. The highest BCUT2D eigenvalue weighted by Crippen LogP contribution is 2.47. The predicted molar refractivity (Wildman–Crippen MR) is 59.0 cm³/mol. The van der Waals surface area contributed by atoms with Crippen LogP contribution in [-0.4, -0.2) is 24.5 Å². The summed E-state index contributed by atoms with van der Waals surface area (Å²) in [5.41, 5.74) is 0.815. The van der Waals surface area contributed by atoms with E-state index in [9.17, 15) is 0 Å². The minimum atomic E-state index is 0.815. The molecule has 2 rings (SSSR count). The van der Waals surface area contributed by atoms with Crippen molar-refractivity contribution in [3.05, 3.63) is 0 Å². The van der Waals surface area contributed by atoms with E-state index in [0.717, 1.165) is 5.41 Å². The highest BCUT2D eigenvalue weighted by molar-refractivity contribution is 4.95. The molecule has 1 saturated carbocycles. The number of nitrogens with zero attached hydrogens (tertiary/aromatic N) is 1. The van der Waals surface area contributed by atoms with Crippen LogP contribution in [-0.2, 0) is 0 Å². The first-order chi connectivity index (χ1) is 6.35. The Labute approximate surface area is 83.5 Å². The lowest BCUT2D eigenvalue weighted by Crippen LogP contribution is -2.33. The van der Waals surface area contributed by atoms with E-state index in [-0.39, 0.29) is 0 Å². The Kier molecular flexibility index (Phi) is 4.24. The first-order valence-corrected chi connectivity index (χ1v) is 6.07. The zero-order chi connectivity index (χ0) is 9.73. The smallest absolute Gasteiger partial charge is 0.00384 e. The van der Waals surface area contributed by atoms with Gasteiger partial charge in [-0.05, 0) is 44.2 Å². The Morgan fingerprint density at radius 3 is 2.23 bits per heavy atom. The first kappa shape index (κ1) is 11.0. The predicted octanol–water partition coefficient (Wildman–Crippen LogP) is 3.30. The van der Waals surface area contributed by atoms with Crippen LogP contribution in [0.1, 0.15) is 52.9 Å². The molecule has 0 N–H and O–H groups in total. The van der Waals surface area contributed by atoms with Gasteiger partial charge in [0.1, 0.15) is 0 Å². The van der Waals surface area contributed by atoms with Crippen LogP contribution >= 0.6 is 0 Å². The molecule has 1 aliphatic heterocycles. The number of rotatable bonds is 2. The fraction of sp³-hybridized carbons (Fsp3) is 1.00. The molecule has 0 aromatic carbocycles. The molecule has 1 heteroatoms. The molecule has 78 valence electrons. The molecule has 1 nitrogen and oxygen atoms in total. The average Bonchev–Trinajstić information content (AvgIpc) is 2.53. The zero-order valence-corrected chi connectivity index (χ0v) is 9.60. The fourth-order valence-electron chi connectivity index (χ4n) is 2.62. The Morgan fingerprint density at radius 2 is 1.85 bits per heavy atom. The molecule has 1 heterocycles. The number of hydrogen-bond acceptors (Lipinski definition) is 1. The third-order valence-electron chi connectivity index (χ3n) is 3.47. The van der Waals surface area contributed by atoms with E-state index in [0.29, 0.717) is 0 Å². The van der Waals surface area contributed by atoms with Crippen molar-refractivity contribution in [2.75, 3.05) is 19.6 Å². The van der Waals surface area contributed by atoms with E-state index >= 15 is 0 Å². The van der Waals surface area contributed by atoms with Crippen LogP contribution in [0.2, 0.25) is 0 Å². The van der Waals surface area contributed by atoms with Crippen LogP contribution in [0.15, 0.2) is 0 Å². The van der Waals surface area contributed by atoms with E-state index in [2.05, 4.69) is 11.8 Å². The maximum atomic E-state index is 2.65. The molecule has 2 aliphatic rings. The summed E-state index contributed by atoms with van der Waals surface area (Å²) in [6.07, 6.45) is 7.36. The minimum absolute atomic E-state index is 0.815. The van der Waals surface area contributed by atoms with Gasteiger partial charge in [-0.25, -0.2) is 0 Å². The molecule has 0 radical (unpaired) electrons. The van der Waals surface area contributed by atoms with Gasteiger partial charge in [0.2, 0.25) is 0 Å². The van der Waals surface area contributed by atoms with Gasteiger partial charge < -0.3 is 4.90 Å². The monoisotopic (exact) mass is 183 g/mol. The van der Waals surface area contributed by atoms with Gasteiger partial charge in [-0.2, -0.15) is 0 Å². The van der Waals surface area contributed by atoms with Crippen molar-refractivity contribution in [3.8, 4) is 0 Å². The lowest BCUT2D eigenvalue weighted by Gasteiger charge is -2.38. The summed E-state index contributed by atoms with van der Waals surface area (Å²) in [6.45, 7) is 10.4. The van der Waals surface area contributed by atoms with Gasteiger partial charge in [0.25, 0.3) is 0 Å². The molecule has 2 fully saturated rings. The molecule has 0 atom stereocenters. The van der Waals surface area contributed by atoms with E-state index in [1.54, 1.807) is 0 Å². The summed E-state index contributed by atoms with van der Waals surface area (Å²) in [7, 11) is 0. The van der Waals surface area contributed by atoms with E-state index in [1.165, 1.54) is 51.7 Å². The number of hydrogen-bond donors (Lipinski definition) is 0. The quantitative estimate of drug-likeness (QED) is 0.635. The Bertz CT molecular complexity index is 138. The van der Waals surface area contributed by atoms with Crippen LogP contribution in [0, 0.1) is 5.41 Å². The van der Waals surface area contributed by atoms with Gasteiger partial charge in [0.05, 0.1) is 0 Å². The van der Waals surface area contributed by atoms with Crippen LogP contribution in [0.25, 0.3) is 0 Å². The molecule has 1 aliphatic carbocycles. The first-order valence-electron chi connectivity index (χ1n) is 6.07. The molecule has 0 aromatic rings. The third-order valence-corrected chi connectivity index (χ3v) is 3.47. The molecule has 1 saturated heterocycles. The van der Waals surface area contributed by atoms with E-state index in [1.807, 2.05) is 13.8 Å². The van der Waals surface area contributed by atoms with Crippen molar-refractivity contribution in [1.82, 2.24) is 4.90 Å². The van der Waals surface area contributed by atoms with Crippen molar-refractivity contribution in [2.45, 2.75) is 52.9 Å². The highest BCUT2D eigenvalue weighted by Gasteiger charge is 2.42. The van der Waals surface area contributed by atoms with Gasteiger partial charge in [-0.15, -0.1) is 0 Å². The Hall–Kier alpha value is -0.0400. The van der Waals surface area contributed by atoms with Crippen molar-refractivity contribution >= 4 is 0 Å². The second-order valence-corrected chi connectivity index (χ2v) is 4.38. The van der Waals surface area contributed by atoms with Crippen LogP contribution in [0.5, 0.6) is 0 Å². The molecule has 0 amide bonds. The molecule has 0 bridgehead atoms. The second-order valence-electron chi connectivity index (χ2n) is 4.38. The van der Waals surface area contributed by atoms with E-state index < -0.39 is 0 Å². The molecular formula is C12H25N. The summed E-state index contributed by atoms with van der Waals surface area (Å²) in [5.74, 6) is 0. The van der Waals surface area contributed by atoms with Gasteiger partial charge in [-0.3, -0.25) is 0 Å². The third kappa shape index (κ3) is 2.46. The lowest BCUT2D eigenvalue weighted by atomic mass is 9.68. The SMILES string of the molecule is CC.CCCN1CCC2(CCC2)C1. The minimum Gasteiger partial charge on any atom is -0.303 e. The summed E-state index contributed by atoms with van der Waals surface area (Å²) in [6, 6.07) is 0. The van der Waals surface area contributed by atoms with Crippen molar-refractivity contribution in [2.24, 2.45) is 5.41 Å². The molecule has 0 aromatic heterocycles. The van der Waals surface area contributed by atoms with Gasteiger partial charge in [-0.1, -0.05) is 27.2 Å². The maximum absolute atomic E-state index is 2.65. The van der Waals surface area contributed by atoms with Gasteiger partial charge in [0.15, 0.2) is 0 Å². The summed E-state index contributed by atoms with van der Waals surface area (Å²) in [4.78, 5) is 2.65. The highest BCUT2D eigenvalue weighted by atomic mass is 15.2. The van der Waals surface area contributed by atoms with E-state index in [4.69, 9.17) is 0 Å². The van der Waals surface area contributed by atoms with Crippen LogP contribution in [0.4, 0.5) is 0 Å². The second kappa shape index (κ2) is 4.99. The molecule has 1 spiro atoms. The van der Waals surface area contributed by atoms with Gasteiger partial charge in [0, 0.05) is 6.54 Å².